The lowest BCUT2D eigenvalue weighted by Crippen LogP contribution is -2.02. The Balaban J connectivity index is 1.74. The molecular weight excluding hydrogens is 260 g/mol. The summed E-state index contributed by atoms with van der Waals surface area (Å²) in [4.78, 5) is 4.12. The molecule has 1 aromatic carbocycles. The minimum Gasteiger partial charge on any atom is -0.493 e. The van der Waals surface area contributed by atoms with Crippen LogP contribution in [-0.4, -0.2) is 27.1 Å². The van der Waals surface area contributed by atoms with E-state index in [4.69, 9.17) is 10.00 Å². The lowest BCUT2D eigenvalue weighted by molar-refractivity contribution is 0.343. The first-order valence-corrected chi connectivity index (χ1v) is 6.83. The zero-order chi connectivity index (χ0) is 13.5. The summed E-state index contributed by atoms with van der Waals surface area (Å²) in [6.07, 6.45) is 1.97. The molecule has 1 heterocycles. The summed E-state index contributed by atoms with van der Waals surface area (Å²) < 4.78 is 7.35. The number of nitriles is 1. The van der Waals surface area contributed by atoms with Gasteiger partial charge in [-0.1, -0.05) is 23.9 Å². The Kier molecular flexibility index (Phi) is 4.81. The van der Waals surface area contributed by atoms with Crippen molar-refractivity contribution in [1.82, 2.24) is 14.8 Å². The fourth-order valence-electron chi connectivity index (χ4n) is 1.50. The maximum Gasteiger partial charge on any atom is 0.185 e. The van der Waals surface area contributed by atoms with Gasteiger partial charge in [-0.3, -0.25) is 0 Å². The minimum absolute atomic E-state index is 0.433. The third-order valence-corrected chi connectivity index (χ3v) is 3.46. The van der Waals surface area contributed by atoms with Crippen molar-refractivity contribution in [3.05, 3.63) is 36.2 Å². The summed E-state index contributed by atoms with van der Waals surface area (Å²) in [6, 6.07) is 9.72. The van der Waals surface area contributed by atoms with Gasteiger partial charge in [0.15, 0.2) is 5.16 Å². The lowest BCUT2D eigenvalue weighted by atomic mass is 10.2. The Labute approximate surface area is 116 Å². The third-order valence-electron chi connectivity index (χ3n) is 2.46. The van der Waals surface area contributed by atoms with Crippen molar-refractivity contribution >= 4 is 11.8 Å². The van der Waals surface area contributed by atoms with Crippen molar-refractivity contribution in [2.45, 2.75) is 11.6 Å². The monoisotopic (exact) mass is 274 g/mol. The Morgan fingerprint density at radius 3 is 2.79 bits per heavy atom. The molecule has 0 saturated heterocycles. The fraction of sp³-hybridized carbons (Fsp3) is 0.308. The Bertz CT molecular complexity index is 559. The molecule has 0 atom stereocenters. The van der Waals surface area contributed by atoms with E-state index >= 15 is 0 Å². The molecule has 0 aliphatic rings. The number of hydrogen-bond acceptors (Lipinski definition) is 5. The molecule has 98 valence electrons. The van der Waals surface area contributed by atoms with E-state index in [1.54, 1.807) is 16.4 Å². The number of nitrogens with zero attached hydrogens (tertiary/aromatic N) is 4. The van der Waals surface area contributed by atoms with Crippen molar-refractivity contribution in [2.75, 3.05) is 12.4 Å². The summed E-state index contributed by atoms with van der Waals surface area (Å²) in [5.74, 6) is 1.63. The number of rotatable bonds is 6. The van der Waals surface area contributed by atoms with Crippen molar-refractivity contribution in [3.8, 4) is 11.8 Å². The largest absolute Gasteiger partial charge is 0.493 e. The number of hydrogen-bond donors (Lipinski definition) is 0. The van der Waals surface area contributed by atoms with E-state index in [2.05, 4.69) is 16.2 Å². The molecule has 6 heteroatoms. The van der Waals surface area contributed by atoms with Gasteiger partial charge in [-0.2, -0.15) is 10.4 Å². The zero-order valence-electron chi connectivity index (χ0n) is 10.6. The highest BCUT2D eigenvalue weighted by Gasteiger charge is 2.01. The zero-order valence-corrected chi connectivity index (χ0v) is 11.4. The van der Waals surface area contributed by atoms with Crippen LogP contribution in [0.5, 0.6) is 5.75 Å². The van der Waals surface area contributed by atoms with E-state index in [0.717, 1.165) is 22.2 Å². The van der Waals surface area contributed by atoms with Crippen LogP contribution in [0, 0.1) is 11.3 Å². The second-order valence-corrected chi connectivity index (χ2v) is 4.90. The lowest BCUT2D eigenvalue weighted by Gasteiger charge is -2.06. The standard InChI is InChI=1S/C13H14N4OS/c1-17-13(15-10-16-17)19-9-8-18-12-4-2-11(3-5-12)6-7-14/h2-5,10H,6,8-9H2,1H3. The van der Waals surface area contributed by atoms with Gasteiger partial charge in [-0.25, -0.2) is 9.67 Å². The van der Waals surface area contributed by atoms with Crippen LogP contribution in [0.4, 0.5) is 0 Å². The molecule has 0 aliphatic carbocycles. The predicted molar refractivity (Wildman–Crippen MR) is 73.0 cm³/mol. The van der Waals surface area contributed by atoms with Crippen LogP contribution >= 0.6 is 11.8 Å². The van der Waals surface area contributed by atoms with Crippen molar-refractivity contribution < 1.29 is 4.74 Å². The van der Waals surface area contributed by atoms with Crippen molar-refractivity contribution in [2.24, 2.45) is 7.05 Å². The molecule has 2 aromatic rings. The average molecular weight is 274 g/mol. The van der Waals surface area contributed by atoms with Gasteiger partial charge in [0, 0.05) is 12.8 Å². The van der Waals surface area contributed by atoms with Gasteiger partial charge in [0.05, 0.1) is 19.1 Å². The summed E-state index contributed by atoms with van der Waals surface area (Å²) in [5.41, 5.74) is 1.00. The van der Waals surface area contributed by atoms with Crippen LogP contribution in [-0.2, 0) is 13.5 Å². The van der Waals surface area contributed by atoms with Crippen LogP contribution in [0.15, 0.2) is 35.7 Å². The van der Waals surface area contributed by atoms with E-state index in [0.29, 0.717) is 13.0 Å². The smallest absolute Gasteiger partial charge is 0.185 e. The molecule has 0 radical (unpaired) electrons. The Morgan fingerprint density at radius 2 is 2.16 bits per heavy atom. The molecule has 1 aromatic heterocycles. The first kappa shape index (κ1) is 13.4. The Morgan fingerprint density at radius 1 is 1.37 bits per heavy atom. The molecule has 0 bridgehead atoms. The van der Waals surface area contributed by atoms with E-state index < -0.39 is 0 Å². The molecule has 0 fully saturated rings. The molecule has 5 nitrogen and oxygen atoms in total. The second kappa shape index (κ2) is 6.81. The van der Waals surface area contributed by atoms with Gasteiger partial charge in [-0.05, 0) is 17.7 Å². The number of thioether (sulfide) groups is 1. The number of aryl methyl sites for hydroxylation is 1. The van der Waals surface area contributed by atoms with Crippen molar-refractivity contribution in [1.29, 1.82) is 5.26 Å². The van der Waals surface area contributed by atoms with Gasteiger partial charge in [0.1, 0.15) is 12.1 Å². The fourth-order valence-corrected chi connectivity index (χ4v) is 2.21. The maximum atomic E-state index is 8.58. The number of benzene rings is 1. The average Bonchev–Trinajstić information content (AvgIpc) is 2.83. The molecule has 0 aliphatic heterocycles. The second-order valence-electron chi connectivity index (χ2n) is 3.84. The SMILES string of the molecule is Cn1ncnc1SCCOc1ccc(CC#N)cc1. The van der Waals surface area contributed by atoms with Crippen LogP contribution in [0.3, 0.4) is 0 Å². The minimum atomic E-state index is 0.433. The van der Waals surface area contributed by atoms with Gasteiger partial charge >= 0.3 is 0 Å². The third kappa shape index (κ3) is 4.00. The highest BCUT2D eigenvalue weighted by Crippen LogP contribution is 2.15. The van der Waals surface area contributed by atoms with E-state index in [1.165, 1.54) is 6.33 Å². The molecule has 0 N–H and O–H groups in total. The van der Waals surface area contributed by atoms with Gasteiger partial charge in [0.25, 0.3) is 0 Å². The molecule has 0 saturated carbocycles. The summed E-state index contributed by atoms with van der Waals surface area (Å²) in [5, 5.41) is 13.5. The molecule has 0 unspecified atom stereocenters. The Hall–Kier alpha value is -2.00. The van der Waals surface area contributed by atoms with E-state index in [9.17, 15) is 0 Å². The normalized spacial score (nSPS) is 10.1. The highest BCUT2D eigenvalue weighted by atomic mass is 32.2. The van der Waals surface area contributed by atoms with E-state index in [-0.39, 0.29) is 0 Å². The van der Waals surface area contributed by atoms with Gasteiger partial charge < -0.3 is 4.74 Å². The maximum absolute atomic E-state index is 8.58. The van der Waals surface area contributed by atoms with Crippen LogP contribution in [0.1, 0.15) is 5.56 Å². The van der Waals surface area contributed by atoms with Crippen molar-refractivity contribution in [3.63, 3.8) is 0 Å². The molecule has 2 rings (SSSR count). The predicted octanol–water partition coefficient (Wildman–Crippen LogP) is 2.05. The van der Waals surface area contributed by atoms with Gasteiger partial charge in [-0.15, -0.1) is 0 Å². The van der Waals surface area contributed by atoms with Crippen LogP contribution in [0.25, 0.3) is 0 Å². The first-order valence-electron chi connectivity index (χ1n) is 5.85. The number of ether oxygens (including phenoxy) is 1. The van der Waals surface area contributed by atoms with Crippen LogP contribution in [0.2, 0.25) is 0 Å². The van der Waals surface area contributed by atoms with Crippen LogP contribution < -0.4 is 4.74 Å². The molecular formula is C13H14N4OS. The molecule has 19 heavy (non-hydrogen) atoms. The molecule has 0 spiro atoms. The summed E-state index contributed by atoms with van der Waals surface area (Å²) in [6.45, 7) is 0.606. The molecule has 0 amide bonds. The number of aromatic nitrogens is 3. The quantitative estimate of drug-likeness (QED) is 0.596. The summed E-state index contributed by atoms with van der Waals surface area (Å²) >= 11 is 1.61. The first-order chi connectivity index (χ1) is 9.29. The highest BCUT2D eigenvalue weighted by molar-refractivity contribution is 7.99. The van der Waals surface area contributed by atoms with Gasteiger partial charge in [0.2, 0.25) is 0 Å². The topological polar surface area (TPSA) is 63.7 Å². The van der Waals surface area contributed by atoms with E-state index in [1.807, 2.05) is 31.3 Å². The summed E-state index contributed by atoms with van der Waals surface area (Å²) in [7, 11) is 1.87.